The summed E-state index contributed by atoms with van der Waals surface area (Å²) >= 11 is 0. The third kappa shape index (κ3) is 3.74. The van der Waals surface area contributed by atoms with Gasteiger partial charge in [0.2, 0.25) is 10.0 Å². The number of likely N-dealkylation sites (N-methyl/N-ethyl adjacent to an activating group) is 1. The molecule has 0 saturated heterocycles. The number of hydrogen-bond acceptors (Lipinski definition) is 5. The minimum atomic E-state index is -3.63. The Morgan fingerprint density at radius 3 is 2.44 bits per heavy atom. The molecular weight excluding hydrogens is 254 g/mol. The van der Waals surface area contributed by atoms with E-state index >= 15 is 0 Å². The van der Waals surface area contributed by atoms with E-state index in [4.69, 9.17) is 5.73 Å². The van der Waals surface area contributed by atoms with Crippen LogP contribution in [-0.4, -0.2) is 42.0 Å². The van der Waals surface area contributed by atoms with Gasteiger partial charge in [0.25, 0.3) is 0 Å². The normalized spacial score (nSPS) is 13.0. The molecular formula is C11H19N3O3S. The molecule has 0 bridgehead atoms. The van der Waals surface area contributed by atoms with Crippen LogP contribution in [0.25, 0.3) is 0 Å². The van der Waals surface area contributed by atoms with Gasteiger partial charge < -0.3 is 10.8 Å². The lowest BCUT2D eigenvalue weighted by atomic mass is 10.1. The Kier molecular flexibility index (Phi) is 4.44. The Bertz CT molecular complexity index is 491. The number of hydrogen-bond donors (Lipinski definition) is 2. The predicted octanol–water partition coefficient (Wildman–Crippen LogP) is -0.0683. The molecule has 0 aromatic carbocycles. The Morgan fingerprint density at radius 1 is 1.44 bits per heavy atom. The summed E-state index contributed by atoms with van der Waals surface area (Å²) in [5.41, 5.74) is 4.93. The highest BCUT2D eigenvalue weighted by Gasteiger charge is 2.26. The summed E-state index contributed by atoms with van der Waals surface area (Å²) in [4.78, 5) is 4.04. The average Bonchev–Trinajstić information content (AvgIpc) is 2.27. The summed E-state index contributed by atoms with van der Waals surface area (Å²) in [7, 11) is -2.21. The molecule has 0 radical (unpaired) electrons. The van der Waals surface area contributed by atoms with Crippen molar-refractivity contribution >= 4 is 10.0 Å². The van der Waals surface area contributed by atoms with Crippen LogP contribution in [-0.2, 0) is 16.6 Å². The van der Waals surface area contributed by atoms with Crippen LogP contribution in [0.5, 0.6) is 0 Å². The lowest BCUT2D eigenvalue weighted by Gasteiger charge is -2.24. The van der Waals surface area contributed by atoms with Crippen molar-refractivity contribution in [2.75, 3.05) is 13.6 Å². The third-order valence-corrected chi connectivity index (χ3v) is 4.11. The zero-order valence-corrected chi connectivity index (χ0v) is 11.6. The van der Waals surface area contributed by atoms with E-state index < -0.39 is 15.6 Å². The maximum Gasteiger partial charge on any atom is 0.244 e. The molecule has 1 aromatic heterocycles. The maximum atomic E-state index is 12.2. The van der Waals surface area contributed by atoms with Gasteiger partial charge >= 0.3 is 0 Å². The van der Waals surface area contributed by atoms with E-state index in [9.17, 15) is 13.5 Å². The van der Waals surface area contributed by atoms with Gasteiger partial charge in [-0.3, -0.25) is 4.98 Å². The van der Waals surface area contributed by atoms with Gasteiger partial charge in [-0.15, -0.1) is 0 Å². The van der Waals surface area contributed by atoms with E-state index in [1.165, 1.54) is 19.3 Å². The van der Waals surface area contributed by atoms with Crippen LogP contribution in [0.3, 0.4) is 0 Å². The number of aliphatic hydroxyl groups is 1. The number of nitrogens with two attached hydrogens (primary N) is 1. The third-order valence-electron chi connectivity index (χ3n) is 2.32. The SMILES string of the molecule is CN(CC(C)(C)O)S(=O)(=O)c1ccc(CN)nc1. The fraction of sp³-hybridized carbons (Fsp3) is 0.545. The number of aromatic nitrogens is 1. The lowest BCUT2D eigenvalue weighted by Crippen LogP contribution is -2.39. The van der Waals surface area contributed by atoms with Crippen LogP contribution < -0.4 is 5.73 Å². The second kappa shape index (κ2) is 5.31. The molecule has 0 spiro atoms. The molecule has 102 valence electrons. The van der Waals surface area contributed by atoms with Crippen molar-refractivity contribution < 1.29 is 13.5 Å². The zero-order valence-electron chi connectivity index (χ0n) is 10.8. The van der Waals surface area contributed by atoms with Crippen molar-refractivity contribution in [1.29, 1.82) is 0 Å². The van der Waals surface area contributed by atoms with Gasteiger partial charge in [0, 0.05) is 26.3 Å². The Morgan fingerprint density at radius 2 is 2.06 bits per heavy atom. The van der Waals surface area contributed by atoms with Gasteiger partial charge in [-0.1, -0.05) is 0 Å². The predicted molar refractivity (Wildman–Crippen MR) is 68.2 cm³/mol. The van der Waals surface area contributed by atoms with Crippen LogP contribution in [0.1, 0.15) is 19.5 Å². The monoisotopic (exact) mass is 273 g/mol. The van der Waals surface area contributed by atoms with Crippen LogP contribution >= 0.6 is 0 Å². The molecule has 7 heteroatoms. The van der Waals surface area contributed by atoms with Crippen molar-refractivity contribution in [1.82, 2.24) is 9.29 Å². The standard InChI is InChI=1S/C11H19N3O3S/c1-11(2,15)8-14(3)18(16,17)10-5-4-9(6-12)13-7-10/h4-5,7,15H,6,8,12H2,1-3H3. The molecule has 1 heterocycles. The molecule has 0 aliphatic heterocycles. The lowest BCUT2D eigenvalue weighted by molar-refractivity contribution is 0.0640. The maximum absolute atomic E-state index is 12.2. The van der Waals surface area contributed by atoms with E-state index in [0.717, 1.165) is 4.31 Å². The molecule has 1 aromatic rings. The summed E-state index contributed by atoms with van der Waals surface area (Å²) in [6.07, 6.45) is 1.28. The first-order valence-electron chi connectivity index (χ1n) is 5.50. The van der Waals surface area contributed by atoms with Crippen molar-refractivity contribution in [2.45, 2.75) is 30.9 Å². The number of pyridine rings is 1. The Hall–Kier alpha value is -1.02. The van der Waals surface area contributed by atoms with Crippen LogP contribution in [0.2, 0.25) is 0 Å². The van der Waals surface area contributed by atoms with Crippen molar-refractivity contribution in [3.05, 3.63) is 24.0 Å². The van der Waals surface area contributed by atoms with E-state index in [-0.39, 0.29) is 18.0 Å². The highest BCUT2D eigenvalue weighted by atomic mass is 32.2. The van der Waals surface area contributed by atoms with Crippen LogP contribution in [0, 0.1) is 0 Å². The summed E-state index contributed by atoms with van der Waals surface area (Å²) in [6, 6.07) is 3.04. The summed E-state index contributed by atoms with van der Waals surface area (Å²) in [5, 5.41) is 9.64. The Balaban J connectivity index is 2.98. The van der Waals surface area contributed by atoms with Gasteiger partial charge in [0.05, 0.1) is 11.3 Å². The Labute approximate surface area is 107 Å². The topological polar surface area (TPSA) is 96.5 Å². The van der Waals surface area contributed by atoms with Gasteiger partial charge in [0.1, 0.15) is 4.90 Å². The molecule has 0 saturated carbocycles. The van der Waals surface area contributed by atoms with Crippen LogP contribution in [0.4, 0.5) is 0 Å². The first-order chi connectivity index (χ1) is 8.16. The second-order valence-corrected chi connectivity index (χ2v) is 6.81. The van der Waals surface area contributed by atoms with E-state index in [2.05, 4.69) is 4.98 Å². The molecule has 3 N–H and O–H groups in total. The van der Waals surface area contributed by atoms with Crippen LogP contribution in [0.15, 0.2) is 23.2 Å². The van der Waals surface area contributed by atoms with Gasteiger partial charge in [-0.05, 0) is 26.0 Å². The molecule has 0 unspecified atom stereocenters. The van der Waals surface area contributed by atoms with Gasteiger partial charge in [-0.2, -0.15) is 4.31 Å². The van der Waals surface area contributed by atoms with E-state index in [1.54, 1.807) is 19.9 Å². The average molecular weight is 273 g/mol. The molecule has 0 aliphatic carbocycles. The quantitative estimate of drug-likeness (QED) is 0.783. The first-order valence-corrected chi connectivity index (χ1v) is 6.94. The first kappa shape index (κ1) is 15.0. The minimum absolute atomic E-state index is 0.00791. The smallest absolute Gasteiger partial charge is 0.244 e. The molecule has 0 aliphatic rings. The molecule has 1 rings (SSSR count). The van der Waals surface area contributed by atoms with E-state index in [1.807, 2.05) is 0 Å². The minimum Gasteiger partial charge on any atom is -0.389 e. The van der Waals surface area contributed by atoms with Gasteiger partial charge in [-0.25, -0.2) is 8.42 Å². The molecule has 6 nitrogen and oxygen atoms in total. The highest BCUT2D eigenvalue weighted by Crippen LogP contribution is 2.16. The van der Waals surface area contributed by atoms with Crippen molar-refractivity contribution in [2.24, 2.45) is 5.73 Å². The molecule has 18 heavy (non-hydrogen) atoms. The summed E-state index contributed by atoms with van der Waals surface area (Å²) in [5.74, 6) is 0. The molecule has 0 fully saturated rings. The zero-order chi connectivity index (χ0) is 14.0. The largest absolute Gasteiger partial charge is 0.389 e. The fourth-order valence-corrected chi connectivity index (χ4v) is 2.77. The van der Waals surface area contributed by atoms with Crippen molar-refractivity contribution in [3.63, 3.8) is 0 Å². The second-order valence-electron chi connectivity index (χ2n) is 4.76. The number of sulfonamides is 1. The van der Waals surface area contributed by atoms with Crippen molar-refractivity contribution in [3.8, 4) is 0 Å². The highest BCUT2D eigenvalue weighted by molar-refractivity contribution is 7.89. The number of rotatable bonds is 5. The van der Waals surface area contributed by atoms with E-state index in [0.29, 0.717) is 5.69 Å². The number of nitrogens with zero attached hydrogens (tertiary/aromatic N) is 2. The molecule has 0 atom stereocenters. The fourth-order valence-electron chi connectivity index (χ4n) is 1.49. The summed E-state index contributed by atoms with van der Waals surface area (Å²) in [6.45, 7) is 3.37. The summed E-state index contributed by atoms with van der Waals surface area (Å²) < 4.78 is 25.4. The van der Waals surface area contributed by atoms with Gasteiger partial charge in [0.15, 0.2) is 0 Å². The molecule has 0 amide bonds.